The zero-order chi connectivity index (χ0) is 23.8. The second-order valence-corrected chi connectivity index (χ2v) is 10.4. The number of rotatable bonds is 5. The van der Waals surface area contributed by atoms with Crippen LogP contribution in [0.5, 0.6) is 0 Å². The standard InChI is InChI=1S/C21H20FIN6OS.C2H6/c1-21(2,3)26-20-28-27-19(30-20)12-6-7-16-13(8-12)14(10-29(16)31-23)18-24-9-15(22)17(25-18)11-4-5-11;1-2/h6-11H,4-5H2,1-3H3,(H,26,28);1-2H3. The van der Waals surface area contributed by atoms with Gasteiger partial charge < -0.3 is 9.73 Å². The summed E-state index contributed by atoms with van der Waals surface area (Å²) in [5.74, 6) is 0.823. The van der Waals surface area contributed by atoms with Crippen molar-refractivity contribution in [2.24, 2.45) is 0 Å². The van der Waals surface area contributed by atoms with Crippen LogP contribution >= 0.6 is 30.3 Å². The lowest BCUT2D eigenvalue weighted by molar-refractivity contribution is 0.538. The van der Waals surface area contributed by atoms with Crippen LogP contribution in [0.1, 0.15) is 59.1 Å². The van der Waals surface area contributed by atoms with Gasteiger partial charge in [0.15, 0.2) is 11.6 Å². The monoisotopic (exact) mass is 580 g/mol. The number of benzene rings is 1. The molecule has 4 aromatic rings. The zero-order valence-corrected chi connectivity index (χ0v) is 22.2. The van der Waals surface area contributed by atoms with Gasteiger partial charge in [-0.25, -0.2) is 14.4 Å². The second kappa shape index (κ2) is 9.57. The molecule has 0 saturated heterocycles. The predicted octanol–water partition coefficient (Wildman–Crippen LogP) is 7.25. The molecule has 7 nitrogen and oxygen atoms in total. The van der Waals surface area contributed by atoms with E-state index in [1.807, 2.05) is 63.0 Å². The molecule has 174 valence electrons. The fourth-order valence-corrected chi connectivity index (χ4v) is 4.79. The summed E-state index contributed by atoms with van der Waals surface area (Å²) in [5.41, 5.74) is 2.97. The van der Waals surface area contributed by atoms with Crippen LogP contribution < -0.4 is 5.32 Å². The van der Waals surface area contributed by atoms with Crippen molar-refractivity contribution in [2.75, 3.05) is 5.32 Å². The minimum atomic E-state index is -0.330. The molecule has 0 atom stereocenters. The van der Waals surface area contributed by atoms with Crippen LogP contribution in [-0.2, 0) is 0 Å². The molecule has 0 spiro atoms. The maximum absolute atomic E-state index is 14.2. The highest BCUT2D eigenvalue weighted by Crippen LogP contribution is 2.41. The molecule has 5 rings (SSSR count). The highest BCUT2D eigenvalue weighted by atomic mass is 127. The van der Waals surface area contributed by atoms with Crippen LogP contribution in [0.15, 0.2) is 35.0 Å². The number of nitrogens with zero attached hydrogens (tertiary/aromatic N) is 5. The highest BCUT2D eigenvalue weighted by molar-refractivity contribution is 14.2. The third-order valence-corrected chi connectivity index (χ3v) is 6.70. The van der Waals surface area contributed by atoms with Crippen molar-refractivity contribution in [2.45, 2.75) is 58.9 Å². The molecule has 0 unspecified atom stereocenters. The Morgan fingerprint density at radius 2 is 1.97 bits per heavy atom. The van der Waals surface area contributed by atoms with Crippen LogP contribution in [0.4, 0.5) is 10.4 Å². The molecule has 0 amide bonds. The molecule has 1 aliphatic carbocycles. The Kier molecular flexibility index (Phi) is 6.94. The molecule has 1 fully saturated rings. The summed E-state index contributed by atoms with van der Waals surface area (Å²) in [4.78, 5) is 8.87. The first kappa shape index (κ1) is 23.9. The molecule has 0 radical (unpaired) electrons. The minimum absolute atomic E-state index is 0.186. The molecular weight excluding hydrogens is 554 g/mol. The van der Waals surface area contributed by atoms with E-state index in [-0.39, 0.29) is 17.3 Å². The van der Waals surface area contributed by atoms with E-state index in [1.165, 1.54) is 6.20 Å². The molecule has 0 bridgehead atoms. The maximum atomic E-state index is 14.2. The fourth-order valence-electron chi connectivity index (χ4n) is 3.43. The van der Waals surface area contributed by atoms with E-state index < -0.39 is 0 Å². The highest BCUT2D eigenvalue weighted by Gasteiger charge is 2.29. The van der Waals surface area contributed by atoms with Crippen LogP contribution in [0.2, 0.25) is 0 Å². The summed E-state index contributed by atoms with van der Waals surface area (Å²) in [6, 6.07) is 6.32. The van der Waals surface area contributed by atoms with E-state index in [2.05, 4.69) is 46.7 Å². The minimum Gasteiger partial charge on any atom is -0.403 e. The Hall–Kier alpha value is -2.21. The van der Waals surface area contributed by atoms with Gasteiger partial charge in [0.1, 0.15) is 0 Å². The number of hydrogen-bond donors (Lipinski definition) is 1. The Bertz CT molecular complexity index is 1280. The van der Waals surface area contributed by atoms with Gasteiger partial charge in [-0.05, 0) is 51.8 Å². The van der Waals surface area contributed by atoms with E-state index >= 15 is 0 Å². The number of anilines is 1. The Morgan fingerprint density at radius 1 is 1.21 bits per heavy atom. The number of aromatic nitrogens is 5. The zero-order valence-electron chi connectivity index (χ0n) is 19.2. The van der Waals surface area contributed by atoms with Crippen molar-refractivity contribution in [3.05, 3.63) is 42.1 Å². The van der Waals surface area contributed by atoms with Crippen LogP contribution in [0.3, 0.4) is 0 Å². The smallest absolute Gasteiger partial charge is 0.316 e. The van der Waals surface area contributed by atoms with Gasteiger partial charge in [0.2, 0.25) is 5.89 Å². The van der Waals surface area contributed by atoms with Gasteiger partial charge in [-0.3, -0.25) is 3.97 Å². The third kappa shape index (κ3) is 5.16. The van der Waals surface area contributed by atoms with E-state index in [1.54, 1.807) is 9.12 Å². The van der Waals surface area contributed by atoms with Crippen LogP contribution in [0, 0.1) is 5.82 Å². The SMILES string of the molecule is CC.CC(C)(C)Nc1nnc(-c2ccc3c(c2)c(-c2ncc(F)c(C4CC4)n2)cn3SI)o1. The van der Waals surface area contributed by atoms with Crippen LogP contribution in [0.25, 0.3) is 33.7 Å². The first-order valence-electron chi connectivity index (χ1n) is 10.9. The van der Waals surface area contributed by atoms with Crippen LogP contribution in [-0.4, -0.2) is 29.7 Å². The number of fused-ring (bicyclic) bond motifs is 1. The average Bonchev–Trinajstić information content (AvgIpc) is 3.43. The van der Waals surface area contributed by atoms with E-state index in [0.29, 0.717) is 23.4 Å². The molecule has 1 N–H and O–H groups in total. The average molecular weight is 580 g/mol. The lowest BCUT2D eigenvalue weighted by Gasteiger charge is -2.17. The van der Waals surface area contributed by atoms with Crippen molar-refractivity contribution in [1.29, 1.82) is 0 Å². The molecule has 1 aromatic carbocycles. The molecule has 3 heterocycles. The Morgan fingerprint density at radius 3 is 2.64 bits per heavy atom. The van der Waals surface area contributed by atoms with Gasteiger partial charge in [-0.15, -0.1) is 5.10 Å². The summed E-state index contributed by atoms with van der Waals surface area (Å²) in [5, 5.41) is 12.4. The quantitative estimate of drug-likeness (QED) is 0.249. The van der Waals surface area contributed by atoms with E-state index in [9.17, 15) is 4.39 Å². The van der Waals surface area contributed by atoms with Gasteiger partial charge in [0.25, 0.3) is 0 Å². The molecule has 10 heteroatoms. The summed E-state index contributed by atoms with van der Waals surface area (Å²) < 4.78 is 22.1. The van der Waals surface area contributed by atoms with Crippen molar-refractivity contribution < 1.29 is 8.81 Å². The largest absolute Gasteiger partial charge is 0.403 e. The molecule has 33 heavy (non-hydrogen) atoms. The van der Waals surface area contributed by atoms with Crippen molar-refractivity contribution in [3.8, 4) is 22.8 Å². The third-order valence-electron chi connectivity index (χ3n) is 4.97. The Balaban J connectivity index is 0.00000126. The molecular formula is C23H26FIN6OS. The predicted molar refractivity (Wildman–Crippen MR) is 140 cm³/mol. The van der Waals surface area contributed by atoms with Crippen molar-refractivity contribution >= 4 is 47.2 Å². The van der Waals surface area contributed by atoms with Gasteiger partial charge in [-0.1, -0.05) is 18.9 Å². The maximum Gasteiger partial charge on any atom is 0.316 e. The summed E-state index contributed by atoms with van der Waals surface area (Å²) in [6.07, 6.45) is 5.22. The topological polar surface area (TPSA) is 81.7 Å². The summed E-state index contributed by atoms with van der Waals surface area (Å²) in [7, 11) is 1.55. The van der Waals surface area contributed by atoms with Gasteiger partial charge in [-0.2, -0.15) is 0 Å². The number of halogens is 2. The fraction of sp³-hybridized carbons (Fsp3) is 0.391. The lowest BCUT2D eigenvalue weighted by Crippen LogP contribution is -2.26. The van der Waals surface area contributed by atoms with Gasteiger partial charge in [0, 0.05) is 64.5 Å². The normalized spacial score (nSPS) is 13.7. The van der Waals surface area contributed by atoms with E-state index in [4.69, 9.17) is 4.42 Å². The molecule has 1 saturated carbocycles. The van der Waals surface area contributed by atoms with Gasteiger partial charge in [0.05, 0.1) is 17.4 Å². The first-order valence-corrected chi connectivity index (χ1v) is 14.2. The first-order chi connectivity index (χ1) is 15.8. The van der Waals surface area contributed by atoms with Crippen molar-refractivity contribution in [1.82, 2.24) is 24.1 Å². The summed E-state index contributed by atoms with van der Waals surface area (Å²) in [6.45, 7) is 10.1. The molecule has 3 aromatic heterocycles. The lowest BCUT2D eigenvalue weighted by atomic mass is 10.1. The second-order valence-electron chi connectivity index (χ2n) is 8.66. The molecule has 1 aliphatic rings. The number of nitrogens with one attached hydrogen (secondary N) is 1. The van der Waals surface area contributed by atoms with Gasteiger partial charge >= 0.3 is 6.01 Å². The number of hydrogen-bond acceptors (Lipinski definition) is 7. The van der Waals surface area contributed by atoms with Crippen molar-refractivity contribution in [3.63, 3.8) is 0 Å². The Labute approximate surface area is 208 Å². The van der Waals surface area contributed by atoms with E-state index in [0.717, 1.165) is 34.9 Å². The summed E-state index contributed by atoms with van der Waals surface area (Å²) >= 11 is 2.23. The molecule has 0 aliphatic heterocycles.